The molecule has 1 atom stereocenters. The normalized spacial score (nSPS) is 21.5. The Morgan fingerprint density at radius 2 is 2.07 bits per heavy atom. The van der Waals surface area contributed by atoms with Crippen LogP contribution in [-0.2, 0) is 11.3 Å². The van der Waals surface area contributed by atoms with Crippen LogP contribution >= 0.6 is 0 Å². The van der Waals surface area contributed by atoms with Crippen LogP contribution in [0, 0.1) is 6.92 Å². The van der Waals surface area contributed by atoms with Crippen LogP contribution in [0.5, 0.6) is 5.75 Å². The van der Waals surface area contributed by atoms with Crippen molar-refractivity contribution in [1.29, 1.82) is 0 Å². The summed E-state index contributed by atoms with van der Waals surface area (Å²) in [6.45, 7) is 6.44. The fraction of sp³-hybridized carbons (Fsp3) is 0.500. The Morgan fingerprint density at radius 1 is 1.18 bits per heavy atom. The molecule has 0 aliphatic carbocycles. The molecular formula is C22H27N3O3. The molecule has 0 amide bonds. The monoisotopic (exact) mass is 381 g/mol. The van der Waals surface area contributed by atoms with Gasteiger partial charge in [0.25, 0.3) is 0 Å². The lowest BCUT2D eigenvalue weighted by Crippen LogP contribution is -2.37. The minimum absolute atomic E-state index is 0.263. The summed E-state index contributed by atoms with van der Waals surface area (Å²) in [6, 6.07) is 9.01. The Bertz CT molecular complexity index is 934. The van der Waals surface area contributed by atoms with E-state index in [-0.39, 0.29) is 6.10 Å². The number of piperidine rings is 1. The van der Waals surface area contributed by atoms with Crippen molar-refractivity contribution in [3.63, 3.8) is 0 Å². The summed E-state index contributed by atoms with van der Waals surface area (Å²) in [5.41, 5.74) is 2.26. The fourth-order valence-corrected chi connectivity index (χ4v) is 4.40. The van der Waals surface area contributed by atoms with Crippen molar-refractivity contribution in [3.05, 3.63) is 48.3 Å². The first-order valence-corrected chi connectivity index (χ1v) is 10.2. The van der Waals surface area contributed by atoms with E-state index in [1.165, 1.54) is 10.9 Å². The van der Waals surface area contributed by atoms with Crippen molar-refractivity contribution in [3.8, 4) is 5.75 Å². The lowest BCUT2D eigenvalue weighted by Gasteiger charge is -2.31. The Balaban J connectivity index is 1.24. The molecule has 1 unspecified atom stereocenters. The highest BCUT2D eigenvalue weighted by atomic mass is 16.5. The Labute approximate surface area is 165 Å². The molecular weight excluding hydrogens is 354 g/mol. The van der Waals surface area contributed by atoms with E-state index in [0.29, 0.717) is 6.04 Å². The quantitative estimate of drug-likeness (QED) is 0.670. The van der Waals surface area contributed by atoms with E-state index in [1.54, 1.807) is 6.26 Å². The molecule has 6 heteroatoms. The van der Waals surface area contributed by atoms with Gasteiger partial charge >= 0.3 is 0 Å². The number of likely N-dealkylation sites (tertiary alicyclic amines) is 1. The molecule has 2 aliphatic heterocycles. The van der Waals surface area contributed by atoms with Crippen molar-refractivity contribution in [1.82, 2.24) is 14.5 Å². The van der Waals surface area contributed by atoms with Crippen LogP contribution in [0.1, 0.15) is 36.9 Å². The third kappa shape index (κ3) is 3.54. The number of hydrogen-bond donors (Lipinski definition) is 0. The van der Waals surface area contributed by atoms with Crippen molar-refractivity contribution in [2.24, 2.45) is 0 Å². The van der Waals surface area contributed by atoms with E-state index < -0.39 is 0 Å². The topological polar surface area (TPSA) is 52.7 Å². The average Bonchev–Trinajstić information content (AvgIpc) is 3.44. The Kier molecular flexibility index (Phi) is 4.82. The summed E-state index contributed by atoms with van der Waals surface area (Å²) in [5, 5.41) is 1.20. The molecule has 2 fully saturated rings. The highest BCUT2D eigenvalue weighted by Crippen LogP contribution is 2.32. The minimum Gasteiger partial charge on any atom is -0.490 e. The Hall–Kier alpha value is -2.31. The Morgan fingerprint density at radius 3 is 2.82 bits per heavy atom. The van der Waals surface area contributed by atoms with Gasteiger partial charge in [0.15, 0.2) is 5.89 Å². The summed E-state index contributed by atoms with van der Waals surface area (Å²) in [4.78, 5) is 6.83. The van der Waals surface area contributed by atoms with Gasteiger partial charge in [0.05, 0.1) is 23.9 Å². The van der Waals surface area contributed by atoms with E-state index in [0.717, 1.165) is 69.4 Å². The lowest BCUT2D eigenvalue weighted by atomic mass is 10.1. The van der Waals surface area contributed by atoms with Crippen LogP contribution in [0.15, 0.2) is 41.1 Å². The third-order valence-corrected chi connectivity index (χ3v) is 5.90. The second kappa shape index (κ2) is 7.60. The smallest absolute Gasteiger partial charge is 0.191 e. The predicted octanol–water partition coefficient (Wildman–Crippen LogP) is 3.94. The highest BCUT2D eigenvalue weighted by molar-refractivity contribution is 5.86. The molecule has 0 N–H and O–H groups in total. The second-order valence-corrected chi connectivity index (χ2v) is 7.88. The van der Waals surface area contributed by atoms with Crippen molar-refractivity contribution < 1.29 is 13.9 Å². The number of nitrogens with zero attached hydrogens (tertiary/aromatic N) is 3. The number of hydrogen-bond acceptors (Lipinski definition) is 5. The zero-order chi connectivity index (χ0) is 18.9. The van der Waals surface area contributed by atoms with E-state index >= 15 is 0 Å². The molecule has 0 saturated carbocycles. The first-order valence-electron chi connectivity index (χ1n) is 10.2. The number of aryl methyl sites for hydroxylation is 1. The number of rotatable bonds is 5. The van der Waals surface area contributed by atoms with Crippen molar-refractivity contribution in [2.75, 3.05) is 26.3 Å². The summed E-state index contributed by atoms with van der Waals surface area (Å²) >= 11 is 0. The largest absolute Gasteiger partial charge is 0.490 e. The number of oxazole rings is 1. The zero-order valence-electron chi connectivity index (χ0n) is 16.3. The van der Waals surface area contributed by atoms with Gasteiger partial charge in [0, 0.05) is 44.7 Å². The average molecular weight is 381 g/mol. The summed E-state index contributed by atoms with van der Waals surface area (Å²) in [7, 11) is 0. The molecule has 2 aliphatic rings. The number of benzene rings is 1. The maximum Gasteiger partial charge on any atom is 0.191 e. The van der Waals surface area contributed by atoms with Gasteiger partial charge in [-0.2, -0.15) is 0 Å². The highest BCUT2D eigenvalue weighted by Gasteiger charge is 2.23. The van der Waals surface area contributed by atoms with Gasteiger partial charge < -0.3 is 18.5 Å². The van der Waals surface area contributed by atoms with Gasteiger partial charge in [-0.05, 0) is 37.5 Å². The fourth-order valence-electron chi connectivity index (χ4n) is 4.40. The molecule has 148 valence electrons. The lowest BCUT2D eigenvalue weighted by molar-refractivity contribution is 0.0973. The van der Waals surface area contributed by atoms with Crippen LogP contribution in [0.2, 0.25) is 0 Å². The molecule has 5 rings (SSSR count). The minimum atomic E-state index is 0.263. The maximum atomic E-state index is 6.44. The van der Waals surface area contributed by atoms with Gasteiger partial charge in [0.2, 0.25) is 0 Å². The second-order valence-electron chi connectivity index (χ2n) is 7.88. The third-order valence-electron chi connectivity index (χ3n) is 5.90. The van der Waals surface area contributed by atoms with Gasteiger partial charge in [0.1, 0.15) is 18.1 Å². The molecule has 4 heterocycles. The molecule has 2 aromatic heterocycles. The van der Waals surface area contributed by atoms with E-state index in [9.17, 15) is 0 Å². The standard InChI is InChI=1S/C22H27N3O3/c1-16-23-17(14-27-16)13-24-9-5-19(6-10-24)28-22-4-2-3-21-20(22)7-11-25(21)18-8-12-26-15-18/h2-4,7,11,14,18-19H,5-6,8-10,12-13,15H2,1H3. The first kappa shape index (κ1) is 17.8. The van der Waals surface area contributed by atoms with Crippen LogP contribution in [-0.4, -0.2) is 46.9 Å². The molecule has 1 aromatic carbocycles. The van der Waals surface area contributed by atoms with Gasteiger partial charge in [-0.1, -0.05) is 6.07 Å². The van der Waals surface area contributed by atoms with Gasteiger partial charge in [-0.15, -0.1) is 0 Å². The number of ether oxygens (including phenoxy) is 2. The molecule has 6 nitrogen and oxygen atoms in total. The summed E-state index contributed by atoms with van der Waals surface area (Å²) in [5.74, 6) is 1.73. The summed E-state index contributed by atoms with van der Waals surface area (Å²) in [6.07, 6.45) is 7.35. The van der Waals surface area contributed by atoms with Crippen LogP contribution in [0.3, 0.4) is 0 Å². The molecule has 28 heavy (non-hydrogen) atoms. The predicted molar refractivity (Wildman–Crippen MR) is 107 cm³/mol. The molecule has 2 saturated heterocycles. The number of fused-ring (bicyclic) bond motifs is 1. The number of aromatic nitrogens is 2. The van der Waals surface area contributed by atoms with Gasteiger partial charge in [-0.3, -0.25) is 4.90 Å². The molecule has 0 spiro atoms. The van der Waals surface area contributed by atoms with E-state index in [4.69, 9.17) is 13.9 Å². The maximum absolute atomic E-state index is 6.44. The van der Waals surface area contributed by atoms with Crippen molar-refractivity contribution in [2.45, 2.75) is 44.9 Å². The van der Waals surface area contributed by atoms with E-state index in [2.05, 4.69) is 44.9 Å². The zero-order valence-corrected chi connectivity index (χ0v) is 16.3. The van der Waals surface area contributed by atoms with Crippen LogP contribution < -0.4 is 4.74 Å². The first-order chi connectivity index (χ1) is 13.8. The van der Waals surface area contributed by atoms with Crippen LogP contribution in [0.4, 0.5) is 0 Å². The van der Waals surface area contributed by atoms with Crippen LogP contribution in [0.25, 0.3) is 10.9 Å². The van der Waals surface area contributed by atoms with E-state index in [1.807, 2.05) is 6.92 Å². The van der Waals surface area contributed by atoms with Crippen molar-refractivity contribution >= 4 is 10.9 Å². The summed E-state index contributed by atoms with van der Waals surface area (Å²) < 4.78 is 19.7. The molecule has 0 radical (unpaired) electrons. The molecule has 3 aromatic rings. The SMILES string of the molecule is Cc1nc(CN2CCC(Oc3cccc4c3ccn4C3CCOC3)CC2)co1. The van der Waals surface area contributed by atoms with Gasteiger partial charge in [-0.25, -0.2) is 4.98 Å². The molecule has 0 bridgehead atoms.